The van der Waals surface area contributed by atoms with Crippen LogP contribution in [0.15, 0.2) is 42.5 Å². The van der Waals surface area contributed by atoms with E-state index in [4.69, 9.17) is 18.9 Å². The van der Waals surface area contributed by atoms with Gasteiger partial charge in [0.25, 0.3) is 5.91 Å². The van der Waals surface area contributed by atoms with Crippen molar-refractivity contribution in [3.63, 3.8) is 0 Å². The molecular weight excluding hydrogens is 350 g/mol. The van der Waals surface area contributed by atoms with Crippen molar-refractivity contribution in [3.8, 4) is 23.0 Å². The van der Waals surface area contributed by atoms with Crippen molar-refractivity contribution in [2.45, 2.75) is 6.92 Å². The van der Waals surface area contributed by atoms with Gasteiger partial charge in [-0.3, -0.25) is 9.59 Å². The first-order valence-corrected chi connectivity index (χ1v) is 8.39. The number of Topliss-reactive ketones (excluding diaryl/α,β-unsaturated/α-hetero) is 1. The second-order valence-electron chi connectivity index (χ2n) is 5.58. The molecule has 0 saturated carbocycles. The van der Waals surface area contributed by atoms with Gasteiger partial charge >= 0.3 is 0 Å². The Morgan fingerprint density at radius 2 is 1.59 bits per heavy atom. The van der Waals surface area contributed by atoms with Gasteiger partial charge in [-0.15, -0.1) is 0 Å². The molecule has 1 N–H and O–H groups in total. The van der Waals surface area contributed by atoms with Crippen LogP contribution in [0.3, 0.4) is 0 Å². The van der Waals surface area contributed by atoms with Crippen molar-refractivity contribution in [2.75, 3.05) is 34.0 Å². The van der Waals surface area contributed by atoms with Crippen molar-refractivity contribution < 1.29 is 28.5 Å². The topological polar surface area (TPSA) is 83.1 Å². The van der Waals surface area contributed by atoms with Crippen LogP contribution in [0, 0.1) is 0 Å². The highest BCUT2D eigenvalue weighted by Crippen LogP contribution is 2.28. The van der Waals surface area contributed by atoms with Crippen LogP contribution < -0.4 is 24.3 Å². The maximum Gasteiger partial charge on any atom is 0.258 e. The molecule has 0 unspecified atom stereocenters. The van der Waals surface area contributed by atoms with E-state index in [2.05, 4.69) is 5.32 Å². The average molecular weight is 373 g/mol. The lowest BCUT2D eigenvalue weighted by molar-refractivity contribution is -0.123. The SMILES string of the molecule is COc1ccc(OCCNC(=O)COc2ccc(C(C)=O)cc2OC)cc1. The summed E-state index contributed by atoms with van der Waals surface area (Å²) in [6, 6.07) is 12.0. The minimum Gasteiger partial charge on any atom is -0.497 e. The zero-order valence-corrected chi connectivity index (χ0v) is 15.6. The molecule has 7 nitrogen and oxygen atoms in total. The Bertz CT molecular complexity index is 773. The first kappa shape index (κ1) is 20.1. The summed E-state index contributed by atoms with van der Waals surface area (Å²) in [5, 5.41) is 2.70. The highest BCUT2D eigenvalue weighted by Gasteiger charge is 2.10. The molecule has 0 heterocycles. The molecule has 0 aliphatic heterocycles. The summed E-state index contributed by atoms with van der Waals surface area (Å²) in [5.74, 6) is 1.88. The number of carbonyl (C=O) groups excluding carboxylic acids is 2. The zero-order valence-electron chi connectivity index (χ0n) is 15.6. The van der Waals surface area contributed by atoms with Gasteiger partial charge in [0.05, 0.1) is 20.8 Å². The Morgan fingerprint density at radius 1 is 0.889 bits per heavy atom. The predicted molar refractivity (Wildman–Crippen MR) is 100.0 cm³/mol. The summed E-state index contributed by atoms with van der Waals surface area (Å²) >= 11 is 0. The quantitative estimate of drug-likeness (QED) is 0.509. The summed E-state index contributed by atoms with van der Waals surface area (Å²) in [4.78, 5) is 23.3. The van der Waals surface area contributed by atoms with Crippen LogP contribution in [-0.2, 0) is 4.79 Å². The van der Waals surface area contributed by atoms with Crippen LogP contribution >= 0.6 is 0 Å². The minimum atomic E-state index is -0.286. The minimum absolute atomic E-state index is 0.0746. The Labute approximate surface area is 158 Å². The monoisotopic (exact) mass is 373 g/mol. The lowest BCUT2D eigenvalue weighted by Gasteiger charge is -2.12. The molecule has 0 radical (unpaired) electrons. The van der Waals surface area contributed by atoms with Crippen LogP contribution in [0.25, 0.3) is 0 Å². The van der Waals surface area contributed by atoms with Gasteiger partial charge in [0.15, 0.2) is 23.9 Å². The molecule has 144 valence electrons. The maximum absolute atomic E-state index is 11.9. The molecule has 0 bridgehead atoms. The van der Waals surface area contributed by atoms with Crippen LogP contribution in [0.2, 0.25) is 0 Å². The summed E-state index contributed by atoms with van der Waals surface area (Å²) in [5.41, 5.74) is 0.513. The smallest absolute Gasteiger partial charge is 0.258 e. The third-order valence-corrected chi connectivity index (χ3v) is 3.68. The van der Waals surface area contributed by atoms with Gasteiger partial charge in [0, 0.05) is 5.56 Å². The fraction of sp³-hybridized carbons (Fsp3) is 0.300. The number of nitrogens with one attached hydrogen (secondary N) is 1. The van der Waals surface area contributed by atoms with E-state index < -0.39 is 0 Å². The molecule has 0 spiro atoms. The predicted octanol–water partition coefficient (Wildman–Crippen LogP) is 2.48. The zero-order chi connectivity index (χ0) is 19.6. The second kappa shape index (κ2) is 10.1. The van der Waals surface area contributed by atoms with Crippen molar-refractivity contribution >= 4 is 11.7 Å². The lowest BCUT2D eigenvalue weighted by Crippen LogP contribution is -2.32. The Hall–Kier alpha value is -3.22. The van der Waals surface area contributed by atoms with E-state index in [-0.39, 0.29) is 18.3 Å². The summed E-state index contributed by atoms with van der Waals surface area (Å²) in [6.07, 6.45) is 0. The number of ketones is 1. The average Bonchev–Trinajstić information content (AvgIpc) is 2.69. The number of hydrogen-bond acceptors (Lipinski definition) is 6. The van der Waals surface area contributed by atoms with Gasteiger partial charge in [0.1, 0.15) is 18.1 Å². The van der Waals surface area contributed by atoms with E-state index >= 15 is 0 Å². The van der Waals surface area contributed by atoms with Crippen LogP contribution in [0.5, 0.6) is 23.0 Å². The van der Waals surface area contributed by atoms with E-state index in [1.165, 1.54) is 14.0 Å². The molecule has 0 fully saturated rings. The third kappa shape index (κ3) is 6.22. The fourth-order valence-electron chi connectivity index (χ4n) is 2.23. The first-order chi connectivity index (χ1) is 13.0. The maximum atomic E-state index is 11.9. The summed E-state index contributed by atoms with van der Waals surface area (Å²) in [7, 11) is 3.07. The molecular formula is C20H23NO6. The molecule has 1 amide bonds. The first-order valence-electron chi connectivity index (χ1n) is 8.39. The van der Waals surface area contributed by atoms with Crippen LogP contribution in [0.4, 0.5) is 0 Å². The molecule has 2 aromatic carbocycles. The highest BCUT2D eigenvalue weighted by atomic mass is 16.5. The normalized spacial score (nSPS) is 10.0. The number of ether oxygens (including phenoxy) is 4. The Morgan fingerprint density at radius 3 is 2.22 bits per heavy atom. The largest absolute Gasteiger partial charge is 0.497 e. The van der Waals surface area contributed by atoms with E-state index in [1.54, 1.807) is 49.6 Å². The molecule has 2 rings (SSSR count). The van der Waals surface area contributed by atoms with Crippen molar-refractivity contribution in [1.29, 1.82) is 0 Å². The number of amides is 1. The van der Waals surface area contributed by atoms with Gasteiger partial charge in [-0.25, -0.2) is 0 Å². The number of rotatable bonds is 10. The second-order valence-corrected chi connectivity index (χ2v) is 5.58. The van der Waals surface area contributed by atoms with Crippen molar-refractivity contribution in [1.82, 2.24) is 5.32 Å². The van der Waals surface area contributed by atoms with E-state index in [1.807, 2.05) is 0 Å². The number of methoxy groups -OCH3 is 2. The molecule has 0 atom stereocenters. The Kier molecular flexibility index (Phi) is 7.49. The molecule has 0 saturated heterocycles. The van der Waals surface area contributed by atoms with Gasteiger partial charge in [0.2, 0.25) is 0 Å². The van der Waals surface area contributed by atoms with Gasteiger partial charge < -0.3 is 24.3 Å². The lowest BCUT2D eigenvalue weighted by atomic mass is 10.1. The van der Waals surface area contributed by atoms with Crippen LogP contribution in [0.1, 0.15) is 17.3 Å². The summed E-state index contributed by atoms with van der Waals surface area (Å²) < 4.78 is 21.3. The molecule has 2 aromatic rings. The van der Waals surface area contributed by atoms with E-state index in [9.17, 15) is 9.59 Å². The van der Waals surface area contributed by atoms with Gasteiger partial charge in [-0.2, -0.15) is 0 Å². The molecule has 7 heteroatoms. The number of benzene rings is 2. The van der Waals surface area contributed by atoms with E-state index in [0.717, 1.165) is 5.75 Å². The van der Waals surface area contributed by atoms with E-state index in [0.29, 0.717) is 36.0 Å². The van der Waals surface area contributed by atoms with Gasteiger partial charge in [-0.1, -0.05) is 0 Å². The third-order valence-electron chi connectivity index (χ3n) is 3.68. The number of hydrogen-bond donors (Lipinski definition) is 1. The molecule has 0 aliphatic rings. The highest BCUT2D eigenvalue weighted by molar-refractivity contribution is 5.94. The fourth-order valence-corrected chi connectivity index (χ4v) is 2.23. The Balaban J connectivity index is 1.73. The van der Waals surface area contributed by atoms with Crippen molar-refractivity contribution in [3.05, 3.63) is 48.0 Å². The van der Waals surface area contributed by atoms with Gasteiger partial charge in [-0.05, 0) is 49.4 Å². The number of carbonyl (C=O) groups is 2. The summed E-state index contributed by atoms with van der Waals surface area (Å²) in [6.45, 7) is 1.97. The van der Waals surface area contributed by atoms with Crippen LogP contribution in [-0.4, -0.2) is 45.7 Å². The molecule has 0 aromatic heterocycles. The molecule has 27 heavy (non-hydrogen) atoms. The molecule has 0 aliphatic carbocycles. The standard InChI is InChI=1S/C20H23NO6/c1-14(22)15-4-9-18(19(12-15)25-3)27-13-20(23)21-10-11-26-17-7-5-16(24-2)6-8-17/h4-9,12H,10-11,13H2,1-3H3,(H,21,23). The van der Waals surface area contributed by atoms with Crippen molar-refractivity contribution in [2.24, 2.45) is 0 Å².